The summed E-state index contributed by atoms with van der Waals surface area (Å²) < 4.78 is 62.2. The Labute approximate surface area is 117 Å². The zero-order valence-corrected chi connectivity index (χ0v) is 12.3. The zero-order chi connectivity index (χ0) is 14.7. The third kappa shape index (κ3) is 5.89. The molecule has 0 aromatic heterocycles. The van der Waals surface area contributed by atoms with Gasteiger partial charge >= 0.3 is 6.18 Å². The number of halogens is 4. The largest absolute Gasteiger partial charge is 0.402 e. The fourth-order valence-electron chi connectivity index (χ4n) is 1.22. The van der Waals surface area contributed by atoms with Gasteiger partial charge in [0.1, 0.15) is 6.54 Å². The molecule has 0 fully saturated rings. The topological polar surface area (TPSA) is 49.4 Å². The van der Waals surface area contributed by atoms with E-state index in [1.54, 1.807) is 24.3 Å². The summed E-state index contributed by atoms with van der Waals surface area (Å²) in [5.41, 5.74) is 0.670. The number of benzene rings is 1. The van der Waals surface area contributed by atoms with Crippen LogP contribution in [0.2, 0.25) is 0 Å². The van der Waals surface area contributed by atoms with E-state index < -0.39 is 22.9 Å². The van der Waals surface area contributed by atoms with E-state index in [0.717, 1.165) is 8.78 Å². The number of hydrogen-bond donors (Lipinski definition) is 1. The molecule has 19 heavy (non-hydrogen) atoms. The lowest BCUT2D eigenvalue weighted by Crippen LogP contribution is -2.42. The van der Waals surface area contributed by atoms with Gasteiger partial charge in [0.2, 0.25) is 0 Å². The van der Waals surface area contributed by atoms with E-state index in [9.17, 15) is 21.6 Å². The standard InChI is InChI=1S/C10H12BrF3N2O2S/c1-16(6-8-2-4-9(11)5-3-8)19(17,18)15-7-10(12,13)14/h2-5,15H,6-7H2,1H3. The Hall–Kier alpha value is -0.640. The fraction of sp³-hybridized carbons (Fsp3) is 0.400. The van der Waals surface area contributed by atoms with Crippen molar-refractivity contribution in [3.8, 4) is 0 Å². The van der Waals surface area contributed by atoms with Crippen LogP contribution in [0.4, 0.5) is 13.2 Å². The molecule has 1 aromatic rings. The molecule has 0 saturated heterocycles. The van der Waals surface area contributed by atoms with Crippen LogP contribution in [-0.2, 0) is 16.8 Å². The predicted molar refractivity (Wildman–Crippen MR) is 68.6 cm³/mol. The molecule has 0 spiro atoms. The van der Waals surface area contributed by atoms with Gasteiger partial charge in [-0.2, -0.15) is 30.6 Å². The van der Waals surface area contributed by atoms with Crippen molar-refractivity contribution in [2.24, 2.45) is 0 Å². The van der Waals surface area contributed by atoms with Gasteiger partial charge in [-0.05, 0) is 17.7 Å². The van der Waals surface area contributed by atoms with Crippen LogP contribution in [0.15, 0.2) is 28.7 Å². The lowest BCUT2D eigenvalue weighted by Gasteiger charge is -2.18. The molecular formula is C10H12BrF3N2O2S. The van der Waals surface area contributed by atoms with E-state index in [1.807, 2.05) is 0 Å². The van der Waals surface area contributed by atoms with Crippen LogP contribution in [0.25, 0.3) is 0 Å². The highest BCUT2D eigenvalue weighted by Gasteiger charge is 2.30. The van der Waals surface area contributed by atoms with E-state index in [4.69, 9.17) is 0 Å². The molecule has 0 atom stereocenters. The lowest BCUT2D eigenvalue weighted by molar-refractivity contribution is -0.121. The average molecular weight is 361 g/mol. The number of alkyl halides is 3. The summed E-state index contributed by atoms with van der Waals surface area (Å²) in [4.78, 5) is 0. The normalized spacial score (nSPS) is 12.9. The van der Waals surface area contributed by atoms with Gasteiger partial charge in [-0.25, -0.2) is 0 Å². The molecular weight excluding hydrogens is 349 g/mol. The second kappa shape index (κ2) is 6.21. The van der Waals surface area contributed by atoms with Crippen LogP contribution >= 0.6 is 15.9 Å². The highest BCUT2D eigenvalue weighted by atomic mass is 79.9. The molecule has 0 saturated carbocycles. The van der Waals surface area contributed by atoms with Gasteiger partial charge in [-0.15, -0.1) is 0 Å². The zero-order valence-electron chi connectivity index (χ0n) is 9.91. The Morgan fingerprint density at radius 1 is 1.26 bits per heavy atom. The third-order valence-corrected chi connectivity index (χ3v) is 4.17. The summed E-state index contributed by atoms with van der Waals surface area (Å²) in [6, 6.07) is 6.80. The monoisotopic (exact) mass is 360 g/mol. The molecule has 0 aliphatic heterocycles. The summed E-state index contributed by atoms with van der Waals surface area (Å²) in [7, 11) is -2.94. The Morgan fingerprint density at radius 3 is 2.26 bits per heavy atom. The number of nitrogens with zero attached hydrogens (tertiary/aromatic N) is 1. The summed E-state index contributed by atoms with van der Waals surface area (Å²) in [6.45, 7) is -1.60. The molecule has 4 nitrogen and oxygen atoms in total. The predicted octanol–water partition coefficient (Wildman–Crippen LogP) is 2.28. The Bertz CT molecular complexity index is 517. The molecule has 9 heteroatoms. The van der Waals surface area contributed by atoms with Gasteiger partial charge in [-0.3, -0.25) is 0 Å². The second-order valence-corrected chi connectivity index (χ2v) is 6.60. The van der Waals surface area contributed by atoms with E-state index in [0.29, 0.717) is 5.56 Å². The van der Waals surface area contributed by atoms with Crippen molar-refractivity contribution < 1.29 is 21.6 Å². The highest BCUT2D eigenvalue weighted by Crippen LogP contribution is 2.15. The van der Waals surface area contributed by atoms with Gasteiger partial charge < -0.3 is 0 Å². The highest BCUT2D eigenvalue weighted by molar-refractivity contribution is 9.10. The first-order valence-corrected chi connectivity index (χ1v) is 7.35. The Morgan fingerprint density at radius 2 is 1.79 bits per heavy atom. The van der Waals surface area contributed by atoms with E-state index in [1.165, 1.54) is 11.8 Å². The molecule has 1 N–H and O–H groups in total. The minimum Gasteiger partial charge on any atom is -0.195 e. The molecule has 108 valence electrons. The number of rotatable bonds is 5. The average Bonchev–Trinajstić information content (AvgIpc) is 2.29. The second-order valence-electron chi connectivity index (χ2n) is 3.82. The summed E-state index contributed by atoms with van der Waals surface area (Å²) >= 11 is 3.23. The molecule has 0 bridgehead atoms. The summed E-state index contributed by atoms with van der Waals surface area (Å²) in [6.07, 6.45) is -4.58. The quantitative estimate of drug-likeness (QED) is 0.875. The first-order chi connectivity index (χ1) is 8.60. The van der Waals surface area contributed by atoms with Crippen molar-refractivity contribution in [2.45, 2.75) is 12.7 Å². The maximum Gasteiger partial charge on any atom is 0.402 e. The molecule has 0 unspecified atom stereocenters. The molecule has 1 rings (SSSR count). The van der Waals surface area contributed by atoms with E-state index >= 15 is 0 Å². The smallest absolute Gasteiger partial charge is 0.195 e. The van der Waals surface area contributed by atoms with Crippen LogP contribution in [0.3, 0.4) is 0 Å². The summed E-state index contributed by atoms with van der Waals surface area (Å²) in [5, 5.41) is 0. The first-order valence-electron chi connectivity index (χ1n) is 5.12. The van der Waals surface area contributed by atoms with Gasteiger partial charge in [0.25, 0.3) is 10.2 Å². The Kier molecular flexibility index (Phi) is 5.36. The maximum atomic E-state index is 12.0. The van der Waals surface area contributed by atoms with Crippen molar-refractivity contribution in [3.05, 3.63) is 34.3 Å². The van der Waals surface area contributed by atoms with Crippen molar-refractivity contribution in [1.82, 2.24) is 9.03 Å². The Balaban J connectivity index is 2.66. The number of nitrogens with one attached hydrogen (secondary N) is 1. The van der Waals surface area contributed by atoms with Gasteiger partial charge in [0.15, 0.2) is 0 Å². The van der Waals surface area contributed by atoms with Gasteiger partial charge in [0, 0.05) is 18.1 Å². The molecule has 0 heterocycles. The van der Waals surface area contributed by atoms with Crippen LogP contribution < -0.4 is 4.72 Å². The molecule has 0 amide bonds. The fourth-order valence-corrected chi connectivity index (χ4v) is 2.36. The van der Waals surface area contributed by atoms with Crippen LogP contribution in [0.5, 0.6) is 0 Å². The van der Waals surface area contributed by atoms with E-state index in [-0.39, 0.29) is 6.54 Å². The minimum absolute atomic E-state index is 0.0134. The SMILES string of the molecule is CN(Cc1ccc(Br)cc1)S(=O)(=O)NCC(F)(F)F. The molecule has 0 aliphatic carbocycles. The maximum absolute atomic E-state index is 12.0. The van der Waals surface area contributed by atoms with Crippen molar-refractivity contribution in [2.75, 3.05) is 13.6 Å². The molecule has 1 aromatic carbocycles. The minimum atomic E-state index is -4.58. The summed E-state index contributed by atoms with van der Waals surface area (Å²) in [5.74, 6) is 0. The van der Waals surface area contributed by atoms with Crippen LogP contribution in [0, 0.1) is 0 Å². The number of hydrogen-bond acceptors (Lipinski definition) is 2. The van der Waals surface area contributed by atoms with Crippen molar-refractivity contribution >= 4 is 26.1 Å². The molecule has 0 radical (unpaired) electrons. The van der Waals surface area contributed by atoms with Gasteiger partial charge in [-0.1, -0.05) is 28.1 Å². The lowest BCUT2D eigenvalue weighted by atomic mass is 10.2. The molecule has 0 aliphatic rings. The first kappa shape index (κ1) is 16.4. The van der Waals surface area contributed by atoms with Crippen molar-refractivity contribution in [3.63, 3.8) is 0 Å². The van der Waals surface area contributed by atoms with Crippen molar-refractivity contribution in [1.29, 1.82) is 0 Å². The van der Waals surface area contributed by atoms with Crippen LogP contribution in [0.1, 0.15) is 5.56 Å². The van der Waals surface area contributed by atoms with Crippen LogP contribution in [-0.4, -0.2) is 32.5 Å². The van der Waals surface area contributed by atoms with E-state index in [2.05, 4.69) is 15.9 Å². The third-order valence-electron chi connectivity index (χ3n) is 2.18. The van der Waals surface area contributed by atoms with Gasteiger partial charge in [0.05, 0.1) is 0 Å².